The topological polar surface area (TPSA) is 98.2 Å². The van der Waals surface area contributed by atoms with Gasteiger partial charge in [0.05, 0.1) is 4.90 Å². The van der Waals surface area contributed by atoms with E-state index in [9.17, 15) is 8.42 Å². The predicted octanol–water partition coefficient (Wildman–Crippen LogP) is 3.04. The average Bonchev–Trinajstić information content (AvgIpc) is 2.34. The van der Waals surface area contributed by atoms with Crippen LogP contribution in [-0.2, 0) is 10.0 Å². The smallest absolute Gasteiger partial charge is 0.238 e. The lowest BCUT2D eigenvalue weighted by molar-refractivity contribution is 0.598. The van der Waals surface area contributed by atoms with Gasteiger partial charge in [-0.05, 0) is 55.3 Å². The molecule has 0 saturated carbocycles. The quantitative estimate of drug-likeness (QED) is 0.724. The highest BCUT2D eigenvalue weighted by Gasteiger charge is 2.10. The number of nitrogen functional groups attached to an aromatic ring is 1. The first kappa shape index (κ1) is 15.8. The van der Waals surface area contributed by atoms with Crippen LogP contribution in [0.5, 0.6) is 0 Å². The number of hydrogen-bond acceptors (Lipinski definition) is 4. The molecular weight excluding hydrogens is 354 g/mol. The highest BCUT2D eigenvalue weighted by atomic mass is 79.9. The fraction of sp³-hybridized carbons (Fsp3) is 0.143. The van der Waals surface area contributed by atoms with E-state index in [2.05, 4.69) is 21.2 Å². The molecule has 0 atom stereocenters. The normalized spacial score (nSPS) is 11.4. The molecule has 5 nitrogen and oxygen atoms in total. The summed E-state index contributed by atoms with van der Waals surface area (Å²) >= 11 is 3.50. The first-order chi connectivity index (χ1) is 9.66. The first-order valence-electron chi connectivity index (χ1n) is 6.14. The SMILES string of the molecule is Cc1cc(Nc2cc(N)cc(S(N)(=O)=O)c2)cc(C)c1Br. The van der Waals surface area contributed by atoms with Crippen molar-refractivity contribution in [3.8, 4) is 0 Å². The van der Waals surface area contributed by atoms with E-state index in [1.807, 2.05) is 26.0 Å². The summed E-state index contributed by atoms with van der Waals surface area (Å²) in [6, 6.07) is 8.35. The molecule has 112 valence electrons. The highest BCUT2D eigenvalue weighted by molar-refractivity contribution is 9.10. The number of rotatable bonds is 3. The molecule has 7 heteroatoms. The summed E-state index contributed by atoms with van der Waals surface area (Å²) < 4.78 is 23.9. The Labute approximate surface area is 132 Å². The lowest BCUT2D eigenvalue weighted by Gasteiger charge is -2.12. The van der Waals surface area contributed by atoms with Gasteiger partial charge in [-0.15, -0.1) is 0 Å². The second kappa shape index (κ2) is 5.67. The number of aryl methyl sites for hydroxylation is 2. The van der Waals surface area contributed by atoms with Crippen molar-refractivity contribution < 1.29 is 8.42 Å². The fourth-order valence-corrected chi connectivity index (χ4v) is 2.86. The van der Waals surface area contributed by atoms with Crippen LogP contribution in [0.3, 0.4) is 0 Å². The van der Waals surface area contributed by atoms with Crippen molar-refractivity contribution in [3.63, 3.8) is 0 Å². The molecular formula is C14H16BrN3O2S. The van der Waals surface area contributed by atoms with Crippen LogP contribution in [0.2, 0.25) is 0 Å². The summed E-state index contributed by atoms with van der Waals surface area (Å²) in [7, 11) is -3.79. The second-order valence-electron chi connectivity index (χ2n) is 4.88. The summed E-state index contributed by atoms with van der Waals surface area (Å²) in [5, 5.41) is 8.28. The first-order valence-corrected chi connectivity index (χ1v) is 8.48. The van der Waals surface area contributed by atoms with Gasteiger partial charge in [-0.3, -0.25) is 0 Å². The third-order valence-corrected chi connectivity index (χ3v) is 5.13. The van der Waals surface area contributed by atoms with E-state index < -0.39 is 10.0 Å². The van der Waals surface area contributed by atoms with E-state index >= 15 is 0 Å². The van der Waals surface area contributed by atoms with Crippen molar-refractivity contribution in [1.29, 1.82) is 0 Å². The molecule has 0 aliphatic rings. The highest BCUT2D eigenvalue weighted by Crippen LogP contribution is 2.28. The van der Waals surface area contributed by atoms with Crippen LogP contribution < -0.4 is 16.2 Å². The Hall–Kier alpha value is -1.57. The molecule has 0 aromatic heterocycles. The molecule has 0 aliphatic heterocycles. The van der Waals surface area contributed by atoms with E-state index in [1.165, 1.54) is 12.1 Å². The van der Waals surface area contributed by atoms with Gasteiger partial charge in [-0.1, -0.05) is 15.9 Å². The molecule has 0 fully saturated rings. The number of nitrogens with two attached hydrogens (primary N) is 2. The van der Waals surface area contributed by atoms with Crippen LogP contribution in [0.4, 0.5) is 17.1 Å². The summed E-state index contributed by atoms with van der Waals surface area (Å²) in [5.41, 5.74) is 9.62. The lowest BCUT2D eigenvalue weighted by atomic mass is 10.1. The molecule has 0 aliphatic carbocycles. The zero-order valence-electron chi connectivity index (χ0n) is 11.6. The number of hydrogen-bond donors (Lipinski definition) is 3. The number of benzene rings is 2. The van der Waals surface area contributed by atoms with Crippen molar-refractivity contribution >= 4 is 43.0 Å². The Morgan fingerprint density at radius 2 is 1.52 bits per heavy atom. The summed E-state index contributed by atoms with van der Waals surface area (Å²) in [5.74, 6) is 0. The van der Waals surface area contributed by atoms with Crippen LogP contribution >= 0.6 is 15.9 Å². The number of anilines is 3. The molecule has 0 amide bonds. The maximum atomic E-state index is 11.4. The molecule has 0 radical (unpaired) electrons. The van der Waals surface area contributed by atoms with Gasteiger partial charge in [-0.25, -0.2) is 13.6 Å². The van der Waals surface area contributed by atoms with E-state index in [-0.39, 0.29) is 4.90 Å². The Morgan fingerprint density at radius 1 is 1.00 bits per heavy atom. The van der Waals surface area contributed by atoms with Gasteiger partial charge >= 0.3 is 0 Å². The molecule has 0 saturated heterocycles. The second-order valence-corrected chi connectivity index (χ2v) is 7.24. The Kier molecular flexibility index (Phi) is 4.27. The Balaban J connectivity index is 2.43. The number of primary sulfonamides is 1. The molecule has 2 rings (SSSR count). The van der Waals surface area contributed by atoms with Gasteiger partial charge in [0.1, 0.15) is 0 Å². The maximum absolute atomic E-state index is 11.4. The maximum Gasteiger partial charge on any atom is 0.238 e. The minimum absolute atomic E-state index is 0.0180. The van der Waals surface area contributed by atoms with Crippen LogP contribution in [0.15, 0.2) is 39.7 Å². The standard InChI is InChI=1S/C14H16BrN3O2S/c1-8-3-11(4-9(2)14(8)15)18-12-5-10(16)6-13(7-12)21(17,19)20/h3-7,18H,16H2,1-2H3,(H2,17,19,20). The lowest BCUT2D eigenvalue weighted by Crippen LogP contribution is -2.12. The van der Waals surface area contributed by atoms with Crippen molar-refractivity contribution in [2.45, 2.75) is 18.7 Å². The minimum Gasteiger partial charge on any atom is -0.399 e. The molecule has 21 heavy (non-hydrogen) atoms. The summed E-state index contributed by atoms with van der Waals surface area (Å²) in [6.07, 6.45) is 0. The fourth-order valence-electron chi connectivity index (χ4n) is 2.04. The van der Waals surface area contributed by atoms with E-state index in [1.54, 1.807) is 6.07 Å². The Morgan fingerprint density at radius 3 is 2.05 bits per heavy atom. The van der Waals surface area contributed by atoms with Crippen LogP contribution in [0, 0.1) is 13.8 Å². The van der Waals surface area contributed by atoms with E-state index in [4.69, 9.17) is 10.9 Å². The van der Waals surface area contributed by atoms with Gasteiger partial charge in [0.15, 0.2) is 0 Å². The number of sulfonamides is 1. The molecule has 0 spiro atoms. The van der Waals surface area contributed by atoms with E-state index in [0.29, 0.717) is 11.4 Å². The summed E-state index contributed by atoms with van der Waals surface area (Å²) in [4.78, 5) is -0.0180. The molecule has 0 unspecified atom stereocenters. The predicted molar refractivity (Wildman–Crippen MR) is 89.1 cm³/mol. The van der Waals surface area contributed by atoms with Crippen LogP contribution in [0.1, 0.15) is 11.1 Å². The van der Waals surface area contributed by atoms with Crippen molar-refractivity contribution in [3.05, 3.63) is 45.9 Å². The van der Waals surface area contributed by atoms with Crippen molar-refractivity contribution in [2.75, 3.05) is 11.1 Å². The van der Waals surface area contributed by atoms with E-state index in [0.717, 1.165) is 21.3 Å². The minimum atomic E-state index is -3.79. The van der Waals surface area contributed by atoms with Gasteiger partial charge < -0.3 is 11.1 Å². The van der Waals surface area contributed by atoms with Gasteiger partial charge in [0, 0.05) is 21.5 Å². The van der Waals surface area contributed by atoms with Crippen LogP contribution in [0.25, 0.3) is 0 Å². The zero-order chi connectivity index (χ0) is 15.8. The van der Waals surface area contributed by atoms with Gasteiger partial charge in [0.25, 0.3) is 0 Å². The van der Waals surface area contributed by atoms with Gasteiger partial charge in [0.2, 0.25) is 10.0 Å². The Bertz CT molecular complexity index is 781. The molecule has 0 bridgehead atoms. The molecule has 5 N–H and O–H groups in total. The van der Waals surface area contributed by atoms with Gasteiger partial charge in [-0.2, -0.15) is 0 Å². The number of halogens is 1. The van der Waals surface area contributed by atoms with Crippen molar-refractivity contribution in [1.82, 2.24) is 0 Å². The molecule has 2 aromatic carbocycles. The third-order valence-electron chi connectivity index (χ3n) is 2.98. The van der Waals surface area contributed by atoms with Crippen molar-refractivity contribution in [2.24, 2.45) is 5.14 Å². The third kappa shape index (κ3) is 3.75. The summed E-state index contributed by atoms with van der Waals surface area (Å²) in [6.45, 7) is 3.97. The monoisotopic (exact) mass is 369 g/mol. The molecule has 0 heterocycles. The number of nitrogens with one attached hydrogen (secondary N) is 1. The average molecular weight is 370 g/mol. The van der Waals surface area contributed by atoms with Crippen LogP contribution in [-0.4, -0.2) is 8.42 Å². The molecule has 2 aromatic rings. The largest absolute Gasteiger partial charge is 0.399 e. The zero-order valence-corrected chi connectivity index (χ0v) is 14.0.